The maximum Gasteiger partial charge on any atom is 0.417 e. The largest absolute Gasteiger partial charge is 0.417 e. The van der Waals surface area contributed by atoms with Crippen molar-refractivity contribution in [2.24, 2.45) is 0 Å². The molecular weight excluding hydrogens is 403 g/mol. The molecule has 28 heavy (non-hydrogen) atoms. The van der Waals surface area contributed by atoms with Gasteiger partial charge in [-0.1, -0.05) is 11.6 Å². The normalized spacial score (nSPS) is 11.3. The van der Waals surface area contributed by atoms with Crippen LogP contribution in [0.15, 0.2) is 49.1 Å². The molecule has 0 saturated heterocycles. The topological polar surface area (TPSA) is 103 Å². The van der Waals surface area contributed by atoms with Gasteiger partial charge in [-0.05, 0) is 30.3 Å². The Balaban J connectivity index is 1.91. The predicted octanol–water partition coefficient (Wildman–Crippen LogP) is 4.10. The number of carbonyl (C=O) groups is 1. The number of nitro benzene ring substituents is 1. The molecule has 0 saturated carbocycles. The van der Waals surface area contributed by atoms with E-state index in [4.69, 9.17) is 11.6 Å². The van der Waals surface area contributed by atoms with Crippen molar-refractivity contribution in [3.05, 3.63) is 75.3 Å². The average Bonchev–Trinajstić information content (AvgIpc) is 3.16. The number of anilines is 1. The lowest BCUT2D eigenvalue weighted by atomic mass is 10.1. The van der Waals surface area contributed by atoms with E-state index in [-0.39, 0.29) is 16.9 Å². The van der Waals surface area contributed by atoms with Gasteiger partial charge in [0.25, 0.3) is 11.6 Å². The van der Waals surface area contributed by atoms with Gasteiger partial charge in [0.1, 0.15) is 18.3 Å². The third-order valence-corrected chi connectivity index (χ3v) is 3.96. The molecular formula is C16H9ClF3N5O3. The van der Waals surface area contributed by atoms with Gasteiger partial charge >= 0.3 is 6.18 Å². The molecule has 0 unspecified atom stereocenters. The molecule has 0 aliphatic rings. The number of halogens is 4. The van der Waals surface area contributed by atoms with E-state index in [9.17, 15) is 28.1 Å². The number of carbonyl (C=O) groups excluding carboxylic acids is 1. The van der Waals surface area contributed by atoms with Crippen molar-refractivity contribution in [3.8, 4) is 5.69 Å². The van der Waals surface area contributed by atoms with Crippen molar-refractivity contribution in [1.82, 2.24) is 14.8 Å². The fourth-order valence-electron chi connectivity index (χ4n) is 2.36. The Kier molecular flexibility index (Phi) is 5.01. The summed E-state index contributed by atoms with van der Waals surface area (Å²) in [5.74, 6) is -0.830. The predicted molar refractivity (Wildman–Crippen MR) is 92.4 cm³/mol. The second kappa shape index (κ2) is 7.27. The number of hydrogen-bond donors (Lipinski definition) is 1. The van der Waals surface area contributed by atoms with Crippen molar-refractivity contribution in [3.63, 3.8) is 0 Å². The second-order valence-electron chi connectivity index (χ2n) is 5.45. The quantitative estimate of drug-likeness (QED) is 0.514. The minimum Gasteiger partial charge on any atom is -0.322 e. The molecule has 144 valence electrons. The maximum absolute atomic E-state index is 12.9. The number of amides is 1. The van der Waals surface area contributed by atoms with Crippen LogP contribution in [0, 0.1) is 10.1 Å². The molecule has 0 atom stereocenters. The van der Waals surface area contributed by atoms with Crippen LogP contribution in [0.2, 0.25) is 5.02 Å². The number of hydrogen-bond acceptors (Lipinski definition) is 5. The molecule has 1 heterocycles. The zero-order chi connectivity index (χ0) is 20.5. The van der Waals surface area contributed by atoms with E-state index < -0.39 is 33.3 Å². The number of alkyl halides is 3. The van der Waals surface area contributed by atoms with E-state index in [1.807, 2.05) is 0 Å². The van der Waals surface area contributed by atoms with Gasteiger partial charge in [0.2, 0.25) is 0 Å². The van der Waals surface area contributed by atoms with Crippen LogP contribution in [-0.4, -0.2) is 25.6 Å². The first-order valence-corrected chi connectivity index (χ1v) is 7.86. The summed E-state index contributed by atoms with van der Waals surface area (Å²) in [4.78, 5) is 26.6. The van der Waals surface area contributed by atoms with Gasteiger partial charge in [0.15, 0.2) is 0 Å². The molecule has 0 fully saturated rings. The fraction of sp³-hybridized carbons (Fsp3) is 0.0625. The van der Waals surface area contributed by atoms with E-state index in [0.29, 0.717) is 6.07 Å². The Bertz CT molecular complexity index is 1050. The van der Waals surface area contributed by atoms with Gasteiger partial charge in [0.05, 0.1) is 15.5 Å². The number of rotatable bonds is 4. The number of nitro groups is 1. The van der Waals surface area contributed by atoms with Crippen LogP contribution in [0.5, 0.6) is 0 Å². The molecule has 12 heteroatoms. The number of aromatic nitrogens is 3. The average molecular weight is 412 g/mol. The third-order valence-electron chi connectivity index (χ3n) is 3.63. The summed E-state index contributed by atoms with van der Waals surface area (Å²) in [5, 5.41) is 16.9. The molecule has 2 aromatic carbocycles. The first-order chi connectivity index (χ1) is 13.2. The lowest BCUT2D eigenvalue weighted by Crippen LogP contribution is -2.14. The van der Waals surface area contributed by atoms with E-state index >= 15 is 0 Å². The molecule has 3 rings (SSSR count). The highest BCUT2D eigenvalue weighted by molar-refractivity contribution is 6.31. The van der Waals surface area contributed by atoms with E-state index in [0.717, 1.165) is 16.8 Å². The van der Waals surface area contributed by atoms with Gasteiger partial charge < -0.3 is 5.32 Å². The Morgan fingerprint density at radius 1 is 1.21 bits per heavy atom. The van der Waals surface area contributed by atoms with Crippen LogP contribution in [-0.2, 0) is 6.18 Å². The van der Waals surface area contributed by atoms with E-state index in [2.05, 4.69) is 15.4 Å². The molecule has 0 spiro atoms. The minimum absolute atomic E-state index is 0.0740. The molecule has 0 bridgehead atoms. The summed E-state index contributed by atoms with van der Waals surface area (Å²) in [6.45, 7) is 0. The van der Waals surface area contributed by atoms with Crippen molar-refractivity contribution < 1.29 is 22.9 Å². The van der Waals surface area contributed by atoms with Gasteiger partial charge in [-0.3, -0.25) is 14.9 Å². The SMILES string of the molecule is O=C(Nc1ccc(Cl)c(C(F)(F)F)c1)c1ccc(-n2cncn2)c([N+](=O)[O-])c1. The first kappa shape index (κ1) is 19.3. The van der Waals surface area contributed by atoms with Gasteiger partial charge in [0, 0.05) is 17.3 Å². The summed E-state index contributed by atoms with van der Waals surface area (Å²) in [6.07, 6.45) is -2.27. The van der Waals surface area contributed by atoms with E-state index in [1.54, 1.807) is 0 Å². The summed E-state index contributed by atoms with van der Waals surface area (Å²) < 4.78 is 39.9. The molecule has 0 aliphatic carbocycles. The van der Waals surface area contributed by atoms with Crippen LogP contribution in [0.1, 0.15) is 15.9 Å². The molecule has 1 aromatic heterocycles. The van der Waals surface area contributed by atoms with Crippen LogP contribution in [0.25, 0.3) is 5.69 Å². The Morgan fingerprint density at radius 2 is 1.96 bits per heavy atom. The monoisotopic (exact) mass is 411 g/mol. The van der Waals surface area contributed by atoms with Crippen molar-refractivity contribution in [2.75, 3.05) is 5.32 Å². The van der Waals surface area contributed by atoms with Crippen molar-refractivity contribution in [1.29, 1.82) is 0 Å². The summed E-state index contributed by atoms with van der Waals surface area (Å²) in [6, 6.07) is 6.42. The van der Waals surface area contributed by atoms with Gasteiger partial charge in [-0.25, -0.2) is 9.67 Å². The Hall–Kier alpha value is -3.47. The lowest BCUT2D eigenvalue weighted by Gasteiger charge is -2.12. The molecule has 1 amide bonds. The highest BCUT2D eigenvalue weighted by atomic mass is 35.5. The zero-order valence-corrected chi connectivity index (χ0v) is 14.4. The second-order valence-corrected chi connectivity index (χ2v) is 5.85. The molecule has 0 radical (unpaired) electrons. The third kappa shape index (κ3) is 3.93. The highest BCUT2D eigenvalue weighted by Gasteiger charge is 2.33. The smallest absolute Gasteiger partial charge is 0.322 e. The van der Waals surface area contributed by atoms with Crippen molar-refractivity contribution >= 4 is 28.9 Å². The van der Waals surface area contributed by atoms with Crippen LogP contribution in [0.4, 0.5) is 24.5 Å². The number of nitrogens with zero attached hydrogens (tertiary/aromatic N) is 4. The maximum atomic E-state index is 12.9. The van der Waals surface area contributed by atoms with E-state index in [1.165, 1.54) is 30.9 Å². The molecule has 3 aromatic rings. The molecule has 1 N–H and O–H groups in total. The number of nitrogens with one attached hydrogen (secondary N) is 1. The minimum atomic E-state index is -4.70. The number of benzene rings is 2. The molecule has 0 aliphatic heterocycles. The Morgan fingerprint density at radius 3 is 2.57 bits per heavy atom. The molecule has 8 nitrogen and oxygen atoms in total. The Labute approximate surface area is 159 Å². The summed E-state index contributed by atoms with van der Waals surface area (Å²) in [5.41, 5.74) is -1.75. The first-order valence-electron chi connectivity index (χ1n) is 7.48. The zero-order valence-electron chi connectivity index (χ0n) is 13.6. The van der Waals surface area contributed by atoms with Crippen molar-refractivity contribution in [2.45, 2.75) is 6.18 Å². The standard InChI is InChI=1S/C16H9ClF3N5O3/c17-12-3-2-10(6-11(12)16(18,19)20)23-15(26)9-1-4-13(14(5-9)25(27)28)24-8-21-7-22-24/h1-8H,(H,23,26). The summed E-state index contributed by atoms with van der Waals surface area (Å²) in [7, 11) is 0. The van der Waals surface area contributed by atoms with Gasteiger partial charge in [-0.15, -0.1) is 0 Å². The lowest BCUT2D eigenvalue weighted by molar-refractivity contribution is -0.384. The highest BCUT2D eigenvalue weighted by Crippen LogP contribution is 2.36. The summed E-state index contributed by atoms with van der Waals surface area (Å²) >= 11 is 5.54. The van der Waals surface area contributed by atoms with Gasteiger partial charge in [-0.2, -0.15) is 18.3 Å². The van der Waals surface area contributed by atoms with Crippen LogP contribution < -0.4 is 5.32 Å². The van der Waals surface area contributed by atoms with Crippen LogP contribution in [0.3, 0.4) is 0 Å². The fourth-order valence-corrected chi connectivity index (χ4v) is 2.59. The van der Waals surface area contributed by atoms with Crippen LogP contribution >= 0.6 is 11.6 Å².